The number of rotatable bonds is 5. The number of imide groups is 1. The molecule has 136 valence electrons. The van der Waals surface area contributed by atoms with Gasteiger partial charge in [-0.05, 0) is 37.1 Å². The average Bonchev–Trinajstić information content (AvgIpc) is 3.26. The van der Waals surface area contributed by atoms with Gasteiger partial charge in [0.25, 0.3) is 5.91 Å². The molecule has 2 aromatic rings. The fourth-order valence-electron chi connectivity index (χ4n) is 3.54. The summed E-state index contributed by atoms with van der Waals surface area (Å²) in [6, 6.07) is 6.84. The zero-order chi connectivity index (χ0) is 18.4. The molecular formula is C19H21N3O4. The number of anilines is 1. The van der Waals surface area contributed by atoms with E-state index in [-0.39, 0.29) is 24.1 Å². The van der Waals surface area contributed by atoms with Crippen molar-refractivity contribution in [2.24, 2.45) is 0 Å². The van der Waals surface area contributed by atoms with Crippen LogP contribution in [-0.4, -0.2) is 46.7 Å². The molecular weight excluding hydrogens is 334 g/mol. The predicted octanol–water partition coefficient (Wildman–Crippen LogP) is 3.60. The Kier molecular flexibility index (Phi) is 3.94. The van der Waals surface area contributed by atoms with Crippen LogP contribution >= 0.6 is 0 Å². The maximum absolute atomic E-state index is 12.6. The lowest BCUT2D eigenvalue weighted by Gasteiger charge is -2.14. The topological polar surface area (TPSA) is 71.8 Å². The molecule has 0 radical (unpaired) electrons. The Morgan fingerprint density at radius 1 is 1.15 bits per heavy atom. The summed E-state index contributed by atoms with van der Waals surface area (Å²) in [5.41, 5.74) is 1.78. The van der Waals surface area contributed by atoms with E-state index >= 15 is 0 Å². The molecule has 0 bridgehead atoms. The molecule has 1 unspecified atom stereocenters. The van der Waals surface area contributed by atoms with Gasteiger partial charge in [-0.3, -0.25) is 19.2 Å². The van der Waals surface area contributed by atoms with Crippen LogP contribution < -0.4 is 4.90 Å². The first kappa shape index (κ1) is 16.6. The highest BCUT2D eigenvalue weighted by atomic mass is 16.6. The van der Waals surface area contributed by atoms with Crippen LogP contribution in [0.25, 0.3) is 10.9 Å². The summed E-state index contributed by atoms with van der Waals surface area (Å²) < 4.78 is 6.77. The Hall–Kier alpha value is -2.83. The molecule has 0 aliphatic carbocycles. The summed E-state index contributed by atoms with van der Waals surface area (Å²) in [5, 5.41) is 0.766. The van der Waals surface area contributed by atoms with E-state index < -0.39 is 0 Å². The summed E-state index contributed by atoms with van der Waals surface area (Å²) in [5.74, 6) is -0.257. The number of amides is 3. The van der Waals surface area contributed by atoms with Gasteiger partial charge in [-0.25, -0.2) is 9.59 Å². The van der Waals surface area contributed by atoms with E-state index in [2.05, 4.69) is 0 Å². The van der Waals surface area contributed by atoms with Crippen molar-refractivity contribution in [2.45, 2.75) is 39.2 Å². The highest BCUT2D eigenvalue weighted by Crippen LogP contribution is 2.31. The van der Waals surface area contributed by atoms with Crippen LogP contribution in [0.2, 0.25) is 0 Å². The van der Waals surface area contributed by atoms with Gasteiger partial charge in [0, 0.05) is 17.6 Å². The quantitative estimate of drug-likeness (QED) is 0.821. The smallest absolute Gasteiger partial charge is 0.414 e. The fourth-order valence-corrected chi connectivity index (χ4v) is 3.54. The molecule has 1 saturated heterocycles. The minimum absolute atomic E-state index is 0.104. The maximum Gasteiger partial charge on any atom is 0.414 e. The SMILES string of the molecule is CCCCN1C(=O)c2cc3cc(N4CC(CC)OC4=O)ccc3n2C1=O. The number of ether oxygens (including phenoxy) is 1. The molecule has 0 N–H and O–H groups in total. The van der Waals surface area contributed by atoms with Crippen molar-refractivity contribution in [3.8, 4) is 0 Å². The van der Waals surface area contributed by atoms with Crippen LogP contribution in [0, 0.1) is 0 Å². The second-order valence-corrected chi connectivity index (χ2v) is 6.73. The third kappa shape index (κ3) is 2.38. The lowest BCUT2D eigenvalue weighted by molar-refractivity contribution is 0.0831. The number of nitrogens with zero attached hydrogens (tertiary/aromatic N) is 3. The van der Waals surface area contributed by atoms with E-state index in [9.17, 15) is 14.4 Å². The van der Waals surface area contributed by atoms with Gasteiger partial charge < -0.3 is 4.74 Å². The Morgan fingerprint density at radius 3 is 2.65 bits per heavy atom. The van der Waals surface area contributed by atoms with E-state index in [4.69, 9.17) is 4.74 Å². The first-order valence-electron chi connectivity index (χ1n) is 9.05. The molecule has 1 aromatic carbocycles. The molecule has 1 aromatic heterocycles. The molecule has 2 aliphatic rings. The van der Waals surface area contributed by atoms with Crippen molar-refractivity contribution in [1.82, 2.24) is 9.47 Å². The summed E-state index contributed by atoms with van der Waals surface area (Å²) in [7, 11) is 0. The van der Waals surface area contributed by atoms with Crippen LogP contribution in [-0.2, 0) is 4.74 Å². The molecule has 26 heavy (non-hydrogen) atoms. The van der Waals surface area contributed by atoms with Gasteiger partial charge in [-0.2, -0.15) is 0 Å². The second-order valence-electron chi connectivity index (χ2n) is 6.73. The standard InChI is InChI=1S/C19H21N3O4/c1-3-5-8-20-17(23)16-10-12-9-13(6-7-15(12)22(16)18(20)24)21-11-14(4-2)26-19(21)25/h6-7,9-10,14H,3-5,8,11H2,1-2H3. The van der Waals surface area contributed by atoms with E-state index in [0.29, 0.717) is 30.0 Å². The summed E-state index contributed by atoms with van der Waals surface area (Å²) in [4.78, 5) is 40.1. The third-order valence-electron chi connectivity index (χ3n) is 5.05. The number of hydrogen-bond donors (Lipinski definition) is 0. The maximum atomic E-state index is 12.6. The molecule has 3 amide bonds. The molecule has 7 nitrogen and oxygen atoms in total. The Labute approximate surface area is 151 Å². The molecule has 2 aliphatic heterocycles. The second kappa shape index (κ2) is 6.16. The first-order valence-corrected chi connectivity index (χ1v) is 9.05. The van der Waals surface area contributed by atoms with E-state index in [1.807, 2.05) is 19.9 Å². The molecule has 4 rings (SSSR count). The van der Waals surface area contributed by atoms with E-state index in [1.54, 1.807) is 23.1 Å². The minimum atomic E-state index is -0.360. The zero-order valence-corrected chi connectivity index (χ0v) is 14.9. The van der Waals surface area contributed by atoms with Gasteiger partial charge in [0.2, 0.25) is 0 Å². The molecule has 0 spiro atoms. The van der Waals surface area contributed by atoms with Crippen molar-refractivity contribution in [1.29, 1.82) is 0 Å². The van der Waals surface area contributed by atoms with Crippen LogP contribution in [0.5, 0.6) is 0 Å². The van der Waals surface area contributed by atoms with Crippen LogP contribution in [0.3, 0.4) is 0 Å². The number of hydrogen-bond acceptors (Lipinski definition) is 4. The number of aromatic nitrogens is 1. The van der Waals surface area contributed by atoms with Gasteiger partial charge in [-0.15, -0.1) is 0 Å². The summed E-state index contributed by atoms with van der Waals surface area (Å²) in [6.07, 6.45) is 2.01. The monoisotopic (exact) mass is 355 g/mol. The molecule has 1 atom stereocenters. The van der Waals surface area contributed by atoms with Crippen LogP contribution in [0.4, 0.5) is 15.3 Å². The number of carbonyl (C=O) groups is 3. The summed E-state index contributed by atoms with van der Waals surface area (Å²) >= 11 is 0. The van der Waals surface area contributed by atoms with Gasteiger partial charge >= 0.3 is 12.1 Å². The first-order chi connectivity index (χ1) is 12.5. The van der Waals surface area contributed by atoms with Crippen LogP contribution in [0.1, 0.15) is 43.6 Å². The molecule has 7 heteroatoms. The van der Waals surface area contributed by atoms with Gasteiger partial charge in [0.05, 0.1) is 12.1 Å². The Bertz CT molecular complexity index is 917. The van der Waals surface area contributed by atoms with E-state index in [1.165, 1.54) is 9.47 Å². The van der Waals surface area contributed by atoms with Gasteiger partial charge in [0.15, 0.2) is 0 Å². The highest BCUT2D eigenvalue weighted by molar-refractivity contribution is 6.16. The van der Waals surface area contributed by atoms with Gasteiger partial charge in [0.1, 0.15) is 11.8 Å². The Balaban J connectivity index is 1.68. The zero-order valence-electron chi connectivity index (χ0n) is 14.9. The number of cyclic esters (lactones) is 1. The van der Waals surface area contributed by atoms with Crippen molar-refractivity contribution in [2.75, 3.05) is 18.0 Å². The fraction of sp³-hybridized carbons (Fsp3) is 0.421. The van der Waals surface area contributed by atoms with Crippen molar-refractivity contribution >= 4 is 34.6 Å². The lowest BCUT2D eigenvalue weighted by atomic mass is 10.2. The predicted molar refractivity (Wildman–Crippen MR) is 96.6 cm³/mol. The number of unbranched alkanes of at least 4 members (excludes halogenated alkanes) is 1. The largest absolute Gasteiger partial charge is 0.444 e. The molecule has 1 fully saturated rings. The van der Waals surface area contributed by atoms with Gasteiger partial charge in [-0.1, -0.05) is 20.3 Å². The minimum Gasteiger partial charge on any atom is -0.444 e. The number of benzene rings is 1. The number of carbonyl (C=O) groups excluding carboxylic acids is 3. The molecule has 3 heterocycles. The Morgan fingerprint density at radius 2 is 1.96 bits per heavy atom. The molecule has 0 saturated carbocycles. The van der Waals surface area contributed by atoms with Crippen LogP contribution in [0.15, 0.2) is 24.3 Å². The summed E-state index contributed by atoms with van der Waals surface area (Å²) in [6.45, 7) is 4.95. The third-order valence-corrected chi connectivity index (χ3v) is 5.05. The van der Waals surface area contributed by atoms with Crippen molar-refractivity contribution in [3.05, 3.63) is 30.0 Å². The van der Waals surface area contributed by atoms with Crippen molar-refractivity contribution in [3.63, 3.8) is 0 Å². The average molecular weight is 355 g/mol. The van der Waals surface area contributed by atoms with Crippen molar-refractivity contribution < 1.29 is 19.1 Å². The van der Waals surface area contributed by atoms with E-state index in [0.717, 1.165) is 24.6 Å². The lowest BCUT2D eigenvalue weighted by Crippen LogP contribution is -2.31. The number of fused-ring (bicyclic) bond motifs is 3. The highest BCUT2D eigenvalue weighted by Gasteiger charge is 2.37. The normalized spacial score (nSPS) is 19.6.